The zero-order chi connectivity index (χ0) is 22.3. The molecule has 1 saturated heterocycles. The first-order valence-corrected chi connectivity index (χ1v) is 12.1. The summed E-state index contributed by atoms with van der Waals surface area (Å²) < 4.78 is 44.8. The lowest BCUT2D eigenvalue weighted by molar-refractivity contribution is 0.0172. The van der Waals surface area contributed by atoms with Crippen molar-refractivity contribution >= 4 is 21.6 Å². The molecule has 1 unspecified atom stereocenters. The number of halogens is 1. The highest BCUT2D eigenvalue weighted by molar-refractivity contribution is 7.89. The van der Waals surface area contributed by atoms with Crippen LogP contribution in [-0.4, -0.2) is 66.5 Å². The number of ether oxygens (including phenoxy) is 3. The standard InChI is InChI=1S/C22H29ClN2O5S/c1-17-15-18(7-8-22(17)30-14-13-28-2)31(26,27)24-16-21(25-9-11-29-12-10-25)19-5-3-4-6-20(19)23/h3-8,15,21,24H,9-14,16H2,1-2H3. The Balaban J connectivity index is 1.75. The van der Waals surface area contributed by atoms with E-state index in [2.05, 4.69) is 9.62 Å². The molecule has 2 aromatic rings. The van der Waals surface area contributed by atoms with Crippen LogP contribution in [0.15, 0.2) is 47.4 Å². The summed E-state index contributed by atoms with van der Waals surface area (Å²) in [7, 11) is -2.11. The number of benzene rings is 2. The highest BCUT2D eigenvalue weighted by atomic mass is 35.5. The Morgan fingerprint density at radius 1 is 1.16 bits per heavy atom. The fourth-order valence-corrected chi connectivity index (χ4v) is 4.91. The lowest BCUT2D eigenvalue weighted by atomic mass is 10.0. The smallest absolute Gasteiger partial charge is 0.240 e. The Labute approximate surface area is 189 Å². The first-order valence-electron chi connectivity index (χ1n) is 10.2. The van der Waals surface area contributed by atoms with Gasteiger partial charge in [0.15, 0.2) is 0 Å². The topological polar surface area (TPSA) is 77.1 Å². The number of sulfonamides is 1. The molecule has 170 valence electrons. The zero-order valence-corrected chi connectivity index (χ0v) is 19.4. The summed E-state index contributed by atoms with van der Waals surface area (Å²) in [4.78, 5) is 2.40. The van der Waals surface area contributed by atoms with E-state index in [4.69, 9.17) is 25.8 Å². The van der Waals surface area contributed by atoms with Gasteiger partial charge in [-0.3, -0.25) is 4.90 Å². The molecule has 0 aromatic heterocycles. The molecule has 2 aromatic carbocycles. The Bertz CT molecular complexity index is 964. The molecule has 1 aliphatic heterocycles. The maximum atomic E-state index is 13.0. The van der Waals surface area contributed by atoms with Gasteiger partial charge in [0.25, 0.3) is 0 Å². The lowest BCUT2D eigenvalue weighted by Crippen LogP contribution is -2.43. The molecule has 31 heavy (non-hydrogen) atoms. The Kier molecular flexibility index (Phi) is 8.71. The predicted octanol–water partition coefficient (Wildman–Crippen LogP) is 3.03. The number of hydrogen-bond donors (Lipinski definition) is 1. The van der Waals surface area contributed by atoms with Crippen LogP contribution < -0.4 is 9.46 Å². The monoisotopic (exact) mass is 468 g/mol. The van der Waals surface area contributed by atoms with Crippen molar-refractivity contribution in [2.75, 3.05) is 53.2 Å². The molecule has 0 spiro atoms. The van der Waals surface area contributed by atoms with E-state index in [1.165, 1.54) is 0 Å². The van der Waals surface area contributed by atoms with Crippen molar-refractivity contribution in [3.05, 3.63) is 58.6 Å². The number of rotatable bonds is 10. The summed E-state index contributed by atoms with van der Waals surface area (Å²) in [6.07, 6.45) is 0. The first kappa shape index (κ1) is 24.0. The molecule has 1 heterocycles. The second-order valence-corrected chi connectivity index (χ2v) is 9.48. The Morgan fingerprint density at radius 2 is 1.90 bits per heavy atom. The number of nitrogens with zero attached hydrogens (tertiary/aromatic N) is 1. The predicted molar refractivity (Wildman–Crippen MR) is 120 cm³/mol. The van der Waals surface area contributed by atoms with Crippen molar-refractivity contribution in [2.24, 2.45) is 0 Å². The maximum absolute atomic E-state index is 13.0. The van der Waals surface area contributed by atoms with Crippen molar-refractivity contribution in [1.29, 1.82) is 0 Å². The minimum atomic E-state index is -3.71. The summed E-state index contributed by atoms with van der Waals surface area (Å²) in [6, 6.07) is 12.2. The number of hydrogen-bond acceptors (Lipinski definition) is 6. The van der Waals surface area contributed by atoms with Crippen molar-refractivity contribution < 1.29 is 22.6 Å². The normalized spacial score (nSPS) is 16.2. The van der Waals surface area contributed by atoms with Crippen LogP contribution in [0.5, 0.6) is 5.75 Å². The van der Waals surface area contributed by atoms with Crippen molar-refractivity contribution in [3.63, 3.8) is 0 Å². The summed E-state index contributed by atoms with van der Waals surface area (Å²) in [5.74, 6) is 0.637. The minimum absolute atomic E-state index is 0.190. The fourth-order valence-electron chi connectivity index (χ4n) is 3.53. The van der Waals surface area contributed by atoms with Crippen LogP contribution in [0.4, 0.5) is 0 Å². The molecule has 0 aliphatic carbocycles. The van der Waals surface area contributed by atoms with Crippen LogP contribution in [0.2, 0.25) is 5.02 Å². The highest BCUT2D eigenvalue weighted by Gasteiger charge is 2.26. The molecule has 0 radical (unpaired) electrons. The van der Waals surface area contributed by atoms with Gasteiger partial charge in [0.05, 0.1) is 24.7 Å². The van der Waals surface area contributed by atoms with Gasteiger partial charge in [0.2, 0.25) is 10.0 Å². The third kappa shape index (κ3) is 6.41. The third-order valence-corrected chi connectivity index (χ3v) is 6.98. The second kappa shape index (κ2) is 11.3. The molecule has 1 atom stereocenters. The van der Waals surface area contributed by atoms with Gasteiger partial charge in [-0.1, -0.05) is 29.8 Å². The van der Waals surface area contributed by atoms with Gasteiger partial charge in [0, 0.05) is 37.8 Å². The number of morpholine rings is 1. The van der Waals surface area contributed by atoms with Gasteiger partial charge < -0.3 is 14.2 Å². The molecule has 0 saturated carbocycles. The van der Waals surface area contributed by atoms with Gasteiger partial charge in [0.1, 0.15) is 12.4 Å². The molecule has 0 amide bonds. The van der Waals surface area contributed by atoms with Gasteiger partial charge in [-0.2, -0.15) is 0 Å². The van der Waals surface area contributed by atoms with Crippen molar-refractivity contribution in [1.82, 2.24) is 9.62 Å². The summed E-state index contributed by atoms with van der Waals surface area (Å²) >= 11 is 6.44. The third-order valence-electron chi connectivity index (χ3n) is 5.22. The maximum Gasteiger partial charge on any atom is 0.240 e. The van der Waals surface area contributed by atoms with E-state index in [9.17, 15) is 8.42 Å². The average Bonchev–Trinajstić information content (AvgIpc) is 2.77. The second-order valence-electron chi connectivity index (χ2n) is 7.31. The Morgan fingerprint density at radius 3 is 2.58 bits per heavy atom. The molecular weight excluding hydrogens is 440 g/mol. The van der Waals surface area contributed by atoms with Crippen molar-refractivity contribution in [2.45, 2.75) is 17.9 Å². The van der Waals surface area contributed by atoms with E-state index >= 15 is 0 Å². The highest BCUT2D eigenvalue weighted by Crippen LogP contribution is 2.28. The fraction of sp³-hybridized carbons (Fsp3) is 0.455. The van der Waals surface area contributed by atoms with Gasteiger partial charge >= 0.3 is 0 Å². The van der Waals surface area contributed by atoms with Crippen LogP contribution >= 0.6 is 11.6 Å². The molecule has 1 N–H and O–H groups in total. The molecule has 0 bridgehead atoms. The van der Waals surface area contributed by atoms with E-state index in [0.29, 0.717) is 50.3 Å². The first-order chi connectivity index (χ1) is 14.9. The molecule has 9 heteroatoms. The van der Waals surface area contributed by atoms with Gasteiger partial charge in [-0.15, -0.1) is 0 Å². The molecular formula is C22H29ClN2O5S. The van der Waals surface area contributed by atoms with E-state index in [1.54, 1.807) is 25.3 Å². The van der Waals surface area contributed by atoms with Gasteiger partial charge in [-0.05, 0) is 42.3 Å². The number of methoxy groups -OCH3 is 1. The van der Waals surface area contributed by atoms with E-state index in [0.717, 1.165) is 11.1 Å². The van der Waals surface area contributed by atoms with E-state index in [1.807, 2.05) is 31.2 Å². The molecule has 1 fully saturated rings. The van der Waals surface area contributed by atoms with Crippen LogP contribution in [-0.2, 0) is 19.5 Å². The zero-order valence-electron chi connectivity index (χ0n) is 17.8. The van der Waals surface area contributed by atoms with Crippen LogP contribution in [0.3, 0.4) is 0 Å². The quantitative estimate of drug-likeness (QED) is 0.540. The van der Waals surface area contributed by atoms with Crippen LogP contribution in [0.25, 0.3) is 0 Å². The lowest BCUT2D eigenvalue weighted by Gasteiger charge is -2.35. The van der Waals surface area contributed by atoms with Crippen molar-refractivity contribution in [3.8, 4) is 5.75 Å². The number of nitrogens with one attached hydrogen (secondary N) is 1. The summed E-state index contributed by atoms with van der Waals surface area (Å²) in [5.41, 5.74) is 1.64. The summed E-state index contributed by atoms with van der Waals surface area (Å²) in [6.45, 7) is 5.54. The van der Waals surface area contributed by atoms with E-state index < -0.39 is 10.0 Å². The van der Waals surface area contributed by atoms with Crippen LogP contribution in [0, 0.1) is 6.92 Å². The SMILES string of the molecule is COCCOc1ccc(S(=O)(=O)NCC(c2ccccc2Cl)N2CCOCC2)cc1C. The summed E-state index contributed by atoms with van der Waals surface area (Å²) in [5, 5.41) is 0.617. The molecule has 3 rings (SSSR count). The van der Waals surface area contributed by atoms with E-state index in [-0.39, 0.29) is 17.5 Å². The number of aryl methyl sites for hydroxylation is 1. The molecule has 1 aliphatic rings. The van der Waals surface area contributed by atoms with Gasteiger partial charge in [-0.25, -0.2) is 13.1 Å². The Hall–Kier alpha value is -1.68. The average molecular weight is 469 g/mol. The largest absolute Gasteiger partial charge is 0.491 e. The minimum Gasteiger partial charge on any atom is -0.491 e. The van der Waals surface area contributed by atoms with Crippen LogP contribution in [0.1, 0.15) is 17.2 Å². The molecule has 7 nitrogen and oxygen atoms in total.